The van der Waals surface area contributed by atoms with Gasteiger partial charge in [-0.2, -0.15) is 0 Å². The van der Waals surface area contributed by atoms with Crippen LogP contribution in [0.2, 0.25) is 0 Å². The molecule has 88 valence electrons. The second-order valence-electron chi connectivity index (χ2n) is 6.02. The minimum atomic E-state index is 0.138. The smallest absolute Gasteiger partial charge is 0.0631 e. The fourth-order valence-corrected chi connectivity index (χ4v) is 2.72. The highest BCUT2D eigenvalue weighted by Gasteiger charge is 2.46. The average molecular weight is 211 g/mol. The van der Waals surface area contributed by atoms with E-state index in [4.69, 9.17) is 4.74 Å². The number of hydrogen-bond donors (Lipinski definition) is 1. The molecule has 2 rings (SSSR count). The van der Waals surface area contributed by atoms with Gasteiger partial charge in [-0.05, 0) is 57.9 Å². The minimum Gasteiger partial charge on any atom is -0.372 e. The molecule has 0 aromatic heterocycles. The number of ether oxygens (including phenoxy) is 1. The van der Waals surface area contributed by atoms with Crippen LogP contribution in [-0.2, 0) is 4.74 Å². The zero-order chi connectivity index (χ0) is 10.9. The molecule has 2 fully saturated rings. The molecule has 0 radical (unpaired) electrons. The summed E-state index contributed by atoms with van der Waals surface area (Å²) in [6.45, 7) is 8.92. The first-order valence-corrected chi connectivity index (χ1v) is 6.44. The van der Waals surface area contributed by atoms with Gasteiger partial charge in [-0.3, -0.25) is 0 Å². The fraction of sp³-hybridized carbons (Fsp3) is 1.00. The Hall–Kier alpha value is -0.0800. The van der Waals surface area contributed by atoms with Gasteiger partial charge in [-0.25, -0.2) is 0 Å². The molecule has 0 spiro atoms. The zero-order valence-electron chi connectivity index (χ0n) is 10.4. The largest absolute Gasteiger partial charge is 0.372 e. The first kappa shape index (κ1) is 11.4. The molecule has 0 aromatic rings. The third-order valence-electron chi connectivity index (χ3n) is 3.92. The Balaban J connectivity index is 1.77. The van der Waals surface area contributed by atoms with E-state index in [0.717, 1.165) is 6.54 Å². The van der Waals surface area contributed by atoms with Crippen molar-refractivity contribution in [2.45, 2.75) is 64.6 Å². The molecule has 1 N–H and O–H groups in total. The summed E-state index contributed by atoms with van der Waals surface area (Å²) in [4.78, 5) is 0. The maximum atomic E-state index is 6.08. The molecule has 1 saturated carbocycles. The normalized spacial score (nSPS) is 31.8. The lowest BCUT2D eigenvalue weighted by molar-refractivity contribution is -0.0263. The lowest BCUT2D eigenvalue weighted by Crippen LogP contribution is -2.28. The molecule has 2 heteroatoms. The van der Waals surface area contributed by atoms with E-state index in [0.29, 0.717) is 11.5 Å². The summed E-state index contributed by atoms with van der Waals surface area (Å²) in [6, 6.07) is 0. The Kier molecular flexibility index (Phi) is 3.09. The van der Waals surface area contributed by atoms with E-state index < -0.39 is 0 Å². The highest BCUT2D eigenvalue weighted by Crippen LogP contribution is 2.51. The second-order valence-corrected chi connectivity index (χ2v) is 6.02. The summed E-state index contributed by atoms with van der Waals surface area (Å²) in [5.41, 5.74) is 0.736. The molecule has 15 heavy (non-hydrogen) atoms. The first-order chi connectivity index (χ1) is 7.05. The van der Waals surface area contributed by atoms with Crippen LogP contribution in [0, 0.1) is 5.41 Å². The lowest BCUT2D eigenvalue weighted by Gasteiger charge is -2.23. The van der Waals surface area contributed by atoms with Crippen LogP contribution >= 0.6 is 0 Å². The van der Waals surface area contributed by atoms with Crippen LogP contribution in [0.5, 0.6) is 0 Å². The molecule has 2 aliphatic rings. The third kappa shape index (κ3) is 2.94. The molecule has 1 aliphatic heterocycles. The molecule has 2 nitrogen and oxygen atoms in total. The van der Waals surface area contributed by atoms with Crippen molar-refractivity contribution in [3.8, 4) is 0 Å². The van der Waals surface area contributed by atoms with Crippen molar-refractivity contribution in [1.82, 2.24) is 5.32 Å². The Morgan fingerprint density at radius 2 is 2.00 bits per heavy atom. The lowest BCUT2D eigenvalue weighted by atomic mass is 9.96. The SMILES string of the molecule is CCNCC1(CC2CCC(C)(C)O2)CC1. The van der Waals surface area contributed by atoms with E-state index in [1.807, 2.05) is 0 Å². The van der Waals surface area contributed by atoms with Crippen molar-refractivity contribution in [2.75, 3.05) is 13.1 Å². The molecule has 1 unspecified atom stereocenters. The Bertz CT molecular complexity index is 221. The second kappa shape index (κ2) is 4.06. The predicted molar refractivity (Wildman–Crippen MR) is 63.0 cm³/mol. The van der Waals surface area contributed by atoms with Crippen LogP contribution in [0.25, 0.3) is 0 Å². The first-order valence-electron chi connectivity index (χ1n) is 6.44. The predicted octanol–water partition coefficient (Wildman–Crippen LogP) is 2.72. The van der Waals surface area contributed by atoms with Gasteiger partial charge < -0.3 is 10.1 Å². The number of nitrogens with one attached hydrogen (secondary N) is 1. The van der Waals surface area contributed by atoms with Crippen molar-refractivity contribution in [1.29, 1.82) is 0 Å². The van der Waals surface area contributed by atoms with Crippen LogP contribution in [0.4, 0.5) is 0 Å². The number of rotatable bonds is 5. The summed E-state index contributed by atoms with van der Waals surface area (Å²) in [7, 11) is 0. The summed E-state index contributed by atoms with van der Waals surface area (Å²) in [5, 5.41) is 3.49. The molecule has 0 bridgehead atoms. The molecular formula is C13H25NO. The van der Waals surface area contributed by atoms with Gasteiger partial charge in [0.25, 0.3) is 0 Å². The van der Waals surface area contributed by atoms with E-state index in [1.165, 1.54) is 38.6 Å². The van der Waals surface area contributed by atoms with E-state index in [2.05, 4.69) is 26.1 Å². The van der Waals surface area contributed by atoms with Crippen molar-refractivity contribution >= 4 is 0 Å². The van der Waals surface area contributed by atoms with Crippen molar-refractivity contribution < 1.29 is 4.74 Å². The highest BCUT2D eigenvalue weighted by atomic mass is 16.5. The standard InChI is InChI=1S/C13H25NO/c1-4-14-10-13(7-8-13)9-11-5-6-12(2,3)15-11/h11,14H,4-10H2,1-3H3. The van der Waals surface area contributed by atoms with Crippen LogP contribution in [0.15, 0.2) is 0 Å². The Morgan fingerprint density at radius 1 is 1.27 bits per heavy atom. The van der Waals surface area contributed by atoms with Crippen LogP contribution < -0.4 is 5.32 Å². The van der Waals surface area contributed by atoms with Gasteiger partial charge >= 0.3 is 0 Å². The van der Waals surface area contributed by atoms with E-state index in [9.17, 15) is 0 Å². The minimum absolute atomic E-state index is 0.138. The van der Waals surface area contributed by atoms with Crippen molar-refractivity contribution in [2.24, 2.45) is 5.41 Å². The molecule has 0 amide bonds. The summed E-state index contributed by atoms with van der Waals surface area (Å²) in [6.07, 6.45) is 7.11. The average Bonchev–Trinajstić information content (AvgIpc) is 2.83. The van der Waals surface area contributed by atoms with Crippen LogP contribution in [0.3, 0.4) is 0 Å². The maximum absolute atomic E-state index is 6.08. The van der Waals surface area contributed by atoms with E-state index in [-0.39, 0.29) is 5.60 Å². The van der Waals surface area contributed by atoms with Crippen LogP contribution in [-0.4, -0.2) is 24.8 Å². The van der Waals surface area contributed by atoms with Gasteiger partial charge in [-0.1, -0.05) is 6.92 Å². The van der Waals surface area contributed by atoms with Gasteiger partial charge in [-0.15, -0.1) is 0 Å². The van der Waals surface area contributed by atoms with E-state index in [1.54, 1.807) is 0 Å². The van der Waals surface area contributed by atoms with Crippen molar-refractivity contribution in [3.05, 3.63) is 0 Å². The van der Waals surface area contributed by atoms with Gasteiger partial charge in [0.05, 0.1) is 11.7 Å². The third-order valence-corrected chi connectivity index (χ3v) is 3.92. The Morgan fingerprint density at radius 3 is 2.47 bits per heavy atom. The van der Waals surface area contributed by atoms with Gasteiger partial charge in [0.15, 0.2) is 0 Å². The van der Waals surface area contributed by atoms with Crippen LogP contribution in [0.1, 0.15) is 52.9 Å². The summed E-state index contributed by atoms with van der Waals surface area (Å²) in [5.74, 6) is 0. The molecule has 1 saturated heterocycles. The molecule has 1 atom stereocenters. The molecule has 1 aliphatic carbocycles. The fourth-order valence-electron chi connectivity index (χ4n) is 2.72. The molecular weight excluding hydrogens is 186 g/mol. The quantitative estimate of drug-likeness (QED) is 0.755. The monoisotopic (exact) mass is 211 g/mol. The maximum Gasteiger partial charge on any atom is 0.0631 e. The highest BCUT2D eigenvalue weighted by molar-refractivity contribution is 4.98. The number of hydrogen-bond acceptors (Lipinski definition) is 2. The zero-order valence-corrected chi connectivity index (χ0v) is 10.4. The summed E-state index contributed by atoms with van der Waals surface area (Å²) >= 11 is 0. The van der Waals surface area contributed by atoms with Gasteiger partial charge in [0, 0.05) is 6.54 Å². The molecule has 0 aromatic carbocycles. The van der Waals surface area contributed by atoms with Gasteiger partial charge in [0.2, 0.25) is 0 Å². The van der Waals surface area contributed by atoms with E-state index >= 15 is 0 Å². The summed E-state index contributed by atoms with van der Waals surface area (Å²) < 4.78 is 6.08. The van der Waals surface area contributed by atoms with Crippen molar-refractivity contribution in [3.63, 3.8) is 0 Å². The topological polar surface area (TPSA) is 21.3 Å². The van der Waals surface area contributed by atoms with Gasteiger partial charge in [0.1, 0.15) is 0 Å². The Labute approximate surface area is 93.8 Å². The molecule has 1 heterocycles.